The van der Waals surface area contributed by atoms with E-state index in [0.29, 0.717) is 12.5 Å². The van der Waals surface area contributed by atoms with Gasteiger partial charge in [-0.3, -0.25) is 9.78 Å². The molecule has 0 radical (unpaired) electrons. The first kappa shape index (κ1) is 13.0. The number of rotatable bonds is 4. The van der Waals surface area contributed by atoms with Crippen LogP contribution in [-0.2, 0) is 4.79 Å². The van der Waals surface area contributed by atoms with Gasteiger partial charge in [0.25, 0.3) is 0 Å². The molecule has 1 aliphatic rings. The van der Waals surface area contributed by atoms with Crippen LogP contribution in [0.3, 0.4) is 0 Å². The molecule has 1 saturated heterocycles. The first-order valence-electron chi connectivity index (χ1n) is 6.57. The Morgan fingerprint density at radius 3 is 2.89 bits per heavy atom. The van der Waals surface area contributed by atoms with Gasteiger partial charge in [-0.05, 0) is 44.0 Å². The van der Waals surface area contributed by atoms with Crippen LogP contribution in [0.4, 0.5) is 0 Å². The molecule has 4 heteroatoms. The predicted octanol–water partition coefficient (Wildman–Crippen LogP) is 1.74. The molecular weight excluding hydrogens is 226 g/mol. The molecule has 1 fully saturated rings. The number of nitrogens with one attached hydrogen (secondary N) is 1. The van der Waals surface area contributed by atoms with Gasteiger partial charge in [0.15, 0.2) is 0 Å². The molecule has 1 aromatic rings. The third-order valence-electron chi connectivity index (χ3n) is 3.75. The number of nitrogens with zero attached hydrogens (tertiary/aromatic N) is 2. The highest BCUT2D eigenvalue weighted by Gasteiger charge is 2.22. The van der Waals surface area contributed by atoms with Gasteiger partial charge < -0.3 is 10.2 Å². The number of hydrogen-bond donors (Lipinski definition) is 1. The van der Waals surface area contributed by atoms with Crippen molar-refractivity contribution in [2.75, 3.05) is 13.6 Å². The van der Waals surface area contributed by atoms with Gasteiger partial charge in [-0.1, -0.05) is 0 Å². The van der Waals surface area contributed by atoms with Gasteiger partial charge >= 0.3 is 0 Å². The van der Waals surface area contributed by atoms with Gasteiger partial charge in [-0.2, -0.15) is 0 Å². The standard InChI is InChI=1S/C14H21N3O/c1-11(12-5-8-15-9-6-12)17(2)14(18)10-13-4-3-7-16-13/h5-6,8-9,11,13,16H,3-4,7,10H2,1-2H3. The first-order chi connectivity index (χ1) is 8.68. The summed E-state index contributed by atoms with van der Waals surface area (Å²) < 4.78 is 0. The lowest BCUT2D eigenvalue weighted by Crippen LogP contribution is -2.34. The van der Waals surface area contributed by atoms with Crippen LogP contribution < -0.4 is 5.32 Å². The minimum atomic E-state index is 0.0990. The van der Waals surface area contributed by atoms with Crippen LogP contribution in [0.5, 0.6) is 0 Å². The summed E-state index contributed by atoms with van der Waals surface area (Å²) in [6, 6.07) is 4.39. The molecule has 0 bridgehead atoms. The number of hydrogen-bond acceptors (Lipinski definition) is 3. The zero-order valence-electron chi connectivity index (χ0n) is 11.1. The smallest absolute Gasteiger partial charge is 0.224 e. The van der Waals surface area contributed by atoms with Crippen molar-refractivity contribution < 1.29 is 4.79 Å². The van der Waals surface area contributed by atoms with Crippen molar-refractivity contribution in [1.82, 2.24) is 15.2 Å². The van der Waals surface area contributed by atoms with Crippen LogP contribution >= 0.6 is 0 Å². The predicted molar refractivity (Wildman–Crippen MR) is 71.1 cm³/mol. The molecule has 0 spiro atoms. The number of carbonyl (C=O) groups excluding carboxylic acids is 1. The molecule has 1 amide bonds. The maximum absolute atomic E-state index is 12.2. The zero-order valence-corrected chi connectivity index (χ0v) is 11.1. The van der Waals surface area contributed by atoms with Crippen molar-refractivity contribution in [3.8, 4) is 0 Å². The van der Waals surface area contributed by atoms with Crippen LogP contribution in [0.15, 0.2) is 24.5 Å². The van der Waals surface area contributed by atoms with Gasteiger partial charge in [-0.15, -0.1) is 0 Å². The number of carbonyl (C=O) groups is 1. The Kier molecular flexibility index (Phi) is 4.31. The molecule has 4 nitrogen and oxygen atoms in total. The van der Waals surface area contributed by atoms with E-state index in [1.165, 1.54) is 6.42 Å². The third-order valence-corrected chi connectivity index (χ3v) is 3.75. The molecule has 0 aromatic carbocycles. The molecule has 0 aliphatic carbocycles. The number of aromatic nitrogens is 1. The third kappa shape index (κ3) is 3.07. The Hall–Kier alpha value is -1.42. The van der Waals surface area contributed by atoms with Gasteiger partial charge in [0.1, 0.15) is 0 Å². The van der Waals surface area contributed by atoms with E-state index in [0.717, 1.165) is 18.5 Å². The highest BCUT2D eigenvalue weighted by atomic mass is 16.2. The summed E-state index contributed by atoms with van der Waals surface area (Å²) in [4.78, 5) is 18.0. The lowest BCUT2D eigenvalue weighted by molar-refractivity contribution is -0.132. The first-order valence-corrected chi connectivity index (χ1v) is 6.57. The van der Waals surface area contributed by atoms with Crippen molar-refractivity contribution in [2.45, 2.75) is 38.3 Å². The Morgan fingerprint density at radius 1 is 1.56 bits per heavy atom. The average Bonchev–Trinajstić information content (AvgIpc) is 2.91. The van der Waals surface area contributed by atoms with Crippen molar-refractivity contribution >= 4 is 5.91 Å². The fourth-order valence-corrected chi connectivity index (χ4v) is 2.37. The largest absolute Gasteiger partial charge is 0.339 e. The van der Waals surface area contributed by atoms with Crippen molar-refractivity contribution in [3.63, 3.8) is 0 Å². The fraction of sp³-hybridized carbons (Fsp3) is 0.571. The lowest BCUT2D eigenvalue weighted by atomic mass is 10.1. The molecule has 2 atom stereocenters. The highest BCUT2D eigenvalue weighted by molar-refractivity contribution is 5.77. The molecular formula is C14H21N3O. The van der Waals surface area contributed by atoms with Crippen LogP contribution in [0.25, 0.3) is 0 Å². The molecule has 1 aliphatic heterocycles. The SMILES string of the molecule is CC(c1ccncc1)N(C)C(=O)CC1CCCN1. The second-order valence-electron chi connectivity index (χ2n) is 4.96. The lowest BCUT2D eigenvalue weighted by Gasteiger charge is -2.26. The summed E-state index contributed by atoms with van der Waals surface area (Å²) in [6.45, 7) is 3.09. The quantitative estimate of drug-likeness (QED) is 0.881. The van der Waals surface area contributed by atoms with Crippen LogP contribution in [0.2, 0.25) is 0 Å². The van der Waals surface area contributed by atoms with E-state index < -0.39 is 0 Å². The van der Waals surface area contributed by atoms with E-state index >= 15 is 0 Å². The fourth-order valence-electron chi connectivity index (χ4n) is 2.37. The molecule has 18 heavy (non-hydrogen) atoms. The second kappa shape index (κ2) is 5.96. The maximum atomic E-state index is 12.2. The summed E-state index contributed by atoms with van der Waals surface area (Å²) in [7, 11) is 1.88. The second-order valence-corrected chi connectivity index (χ2v) is 4.96. The zero-order chi connectivity index (χ0) is 13.0. The van der Waals surface area contributed by atoms with E-state index in [9.17, 15) is 4.79 Å². The molecule has 2 heterocycles. The molecule has 0 saturated carbocycles. The van der Waals surface area contributed by atoms with Crippen molar-refractivity contribution in [1.29, 1.82) is 0 Å². The summed E-state index contributed by atoms with van der Waals surface area (Å²) >= 11 is 0. The number of amides is 1. The summed E-state index contributed by atoms with van der Waals surface area (Å²) in [5, 5.41) is 3.36. The van der Waals surface area contributed by atoms with E-state index in [-0.39, 0.29) is 11.9 Å². The Morgan fingerprint density at radius 2 is 2.28 bits per heavy atom. The van der Waals surface area contributed by atoms with Gasteiger partial charge in [0.05, 0.1) is 6.04 Å². The van der Waals surface area contributed by atoms with Gasteiger partial charge in [-0.25, -0.2) is 0 Å². The van der Waals surface area contributed by atoms with Gasteiger partial charge in [0.2, 0.25) is 5.91 Å². The van der Waals surface area contributed by atoms with E-state index in [4.69, 9.17) is 0 Å². The molecule has 2 rings (SSSR count). The minimum Gasteiger partial charge on any atom is -0.339 e. The normalized spacial score (nSPS) is 20.7. The average molecular weight is 247 g/mol. The summed E-state index contributed by atoms with van der Waals surface area (Å²) in [5.41, 5.74) is 1.13. The maximum Gasteiger partial charge on any atom is 0.224 e. The number of pyridine rings is 1. The Labute approximate surface area is 108 Å². The van der Waals surface area contributed by atoms with E-state index in [1.54, 1.807) is 12.4 Å². The molecule has 98 valence electrons. The van der Waals surface area contributed by atoms with Crippen LogP contribution in [0.1, 0.15) is 37.8 Å². The highest BCUT2D eigenvalue weighted by Crippen LogP contribution is 2.19. The topological polar surface area (TPSA) is 45.2 Å². The van der Waals surface area contributed by atoms with Gasteiger partial charge in [0, 0.05) is 31.9 Å². The summed E-state index contributed by atoms with van der Waals surface area (Å²) in [6.07, 6.45) is 6.43. The van der Waals surface area contributed by atoms with E-state index in [1.807, 2.05) is 24.1 Å². The molecule has 1 N–H and O–H groups in total. The van der Waals surface area contributed by atoms with Crippen molar-refractivity contribution in [2.24, 2.45) is 0 Å². The summed E-state index contributed by atoms with van der Waals surface area (Å²) in [5.74, 6) is 0.207. The molecule has 2 unspecified atom stereocenters. The minimum absolute atomic E-state index is 0.0990. The van der Waals surface area contributed by atoms with Crippen LogP contribution in [-0.4, -0.2) is 35.4 Å². The Bertz CT molecular complexity index is 387. The van der Waals surface area contributed by atoms with Crippen LogP contribution in [0, 0.1) is 0 Å². The Balaban J connectivity index is 1.93. The molecule has 1 aromatic heterocycles. The monoisotopic (exact) mass is 247 g/mol. The van der Waals surface area contributed by atoms with E-state index in [2.05, 4.69) is 17.2 Å². The van der Waals surface area contributed by atoms with Crippen molar-refractivity contribution in [3.05, 3.63) is 30.1 Å².